The molecule has 0 radical (unpaired) electrons. The maximum Gasteiger partial charge on any atom is 0.322 e. The van der Waals surface area contributed by atoms with Crippen molar-refractivity contribution in [3.05, 3.63) is 64.7 Å². The summed E-state index contributed by atoms with van der Waals surface area (Å²) in [5.41, 5.74) is 5.82. The first-order chi connectivity index (χ1) is 11.1. The largest absolute Gasteiger partial charge is 0.322 e. The van der Waals surface area contributed by atoms with Crippen molar-refractivity contribution in [2.24, 2.45) is 0 Å². The Morgan fingerprint density at radius 2 is 1.83 bits per heavy atom. The van der Waals surface area contributed by atoms with E-state index in [4.69, 9.17) is 0 Å². The highest BCUT2D eigenvalue weighted by atomic mass is 16.2. The Labute approximate surface area is 138 Å². The molecule has 0 saturated carbocycles. The Morgan fingerprint density at radius 1 is 1.04 bits per heavy atom. The van der Waals surface area contributed by atoms with E-state index in [1.165, 1.54) is 22.3 Å². The van der Waals surface area contributed by atoms with Crippen LogP contribution < -0.4 is 5.32 Å². The molecule has 2 aromatic rings. The highest BCUT2D eigenvalue weighted by molar-refractivity contribution is 5.90. The third-order valence-corrected chi connectivity index (χ3v) is 4.82. The van der Waals surface area contributed by atoms with E-state index in [0.29, 0.717) is 0 Å². The van der Waals surface area contributed by atoms with Gasteiger partial charge in [-0.1, -0.05) is 30.3 Å². The van der Waals surface area contributed by atoms with Gasteiger partial charge in [-0.15, -0.1) is 0 Å². The van der Waals surface area contributed by atoms with Crippen LogP contribution in [0.25, 0.3) is 0 Å². The van der Waals surface area contributed by atoms with Crippen LogP contribution in [0.4, 0.5) is 10.5 Å². The lowest BCUT2D eigenvalue weighted by molar-refractivity contribution is 0.207. The van der Waals surface area contributed by atoms with E-state index in [2.05, 4.69) is 44.3 Å². The van der Waals surface area contributed by atoms with Crippen molar-refractivity contribution in [1.29, 1.82) is 0 Å². The number of likely N-dealkylation sites (tertiary alicyclic amines) is 1. The van der Waals surface area contributed by atoms with Crippen LogP contribution in [0, 0.1) is 20.8 Å². The van der Waals surface area contributed by atoms with Crippen LogP contribution >= 0.6 is 0 Å². The number of nitrogens with zero attached hydrogens (tertiary/aromatic N) is 1. The molecule has 2 aromatic carbocycles. The van der Waals surface area contributed by atoms with E-state index < -0.39 is 0 Å². The molecule has 2 amide bonds. The fourth-order valence-corrected chi connectivity index (χ4v) is 3.31. The average Bonchev–Trinajstić information content (AvgIpc) is 3.01. The van der Waals surface area contributed by atoms with Gasteiger partial charge in [-0.3, -0.25) is 0 Å². The summed E-state index contributed by atoms with van der Waals surface area (Å²) >= 11 is 0. The molecule has 1 N–H and O–H groups in total. The van der Waals surface area contributed by atoms with Crippen molar-refractivity contribution in [1.82, 2.24) is 4.90 Å². The van der Waals surface area contributed by atoms with Gasteiger partial charge < -0.3 is 10.2 Å². The maximum atomic E-state index is 12.7. The Kier molecular flexibility index (Phi) is 4.37. The second kappa shape index (κ2) is 6.45. The molecule has 120 valence electrons. The van der Waals surface area contributed by atoms with Gasteiger partial charge in [0.05, 0.1) is 6.04 Å². The molecule has 1 aliphatic heterocycles. The topological polar surface area (TPSA) is 32.3 Å². The van der Waals surface area contributed by atoms with Crippen molar-refractivity contribution in [3.8, 4) is 0 Å². The quantitative estimate of drug-likeness (QED) is 0.833. The van der Waals surface area contributed by atoms with Crippen LogP contribution in [0.5, 0.6) is 0 Å². The number of amides is 2. The number of hydrogen-bond donors (Lipinski definition) is 1. The predicted octanol–water partition coefficient (Wildman–Crippen LogP) is 4.98. The first-order valence-corrected chi connectivity index (χ1v) is 8.26. The second-order valence-corrected chi connectivity index (χ2v) is 6.44. The Hall–Kier alpha value is -2.29. The Bertz CT molecular complexity index is 723. The number of nitrogens with one attached hydrogen (secondary N) is 1. The molecule has 0 spiro atoms. The first kappa shape index (κ1) is 15.6. The molecule has 23 heavy (non-hydrogen) atoms. The smallest absolute Gasteiger partial charge is 0.317 e. The van der Waals surface area contributed by atoms with Gasteiger partial charge in [0.25, 0.3) is 0 Å². The summed E-state index contributed by atoms with van der Waals surface area (Å²) in [5.74, 6) is 0. The Balaban J connectivity index is 1.78. The van der Waals surface area contributed by atoms with Crippen molar-refractivity contribution >= 4 is 11.7 Å². The Morgan fingerprint density at radius 3 is 2.57 bits per heavy atom. The van der Waals surface area contributed by atoms with Crippen LogP contribution in [-0.2, 0) is 0 Å². The second-order valence-electron chi connectivity index (χ2n) is 6.44. The number of aryl methyl sites for hydroxylation is 3. The van der Waals surface area contributed by atoms with Crippen molar-refractivity contribution in [2.45, 2.75) is 39.7 Å². The lowest BCUT2D eigenvalue weighted by Crippen LogP contribution is -2.34. The molecule has 0 bridgehead atoms. The third kappa shape index (κ3) is 3.24. The molecule has 0 unspecified atom stereocenters. The summed E-state index contributed by atoms with van der Waals surface area (Å²) in [4.78, 5) is 14.7. The summed E-state index contributed by atoms with van der Waals surface area (Å²) in [6.45, 7) is 7.08. The van der Waals surface area contributed by atoms with Crippen LogP contribution in [0.2, 0.25) is 0 Å². The molecule has 3 heteroatoms. The van der Waals surface area contributed by atoms with Crippen LogP contribution in [0.3, 0.4) is 0 Å². The molecule has 1 heterocycles. The minimum Gasteiger partial charge on any atom is -0.317 e. The number of benzene rings is 2. The highest BCUT2D eigenvalue weighted by Crippen LogP contribution is 2.34. The maximum absolute atomic E-state index is 12.7. The first-order valence-electron chi connectivity index (χ1n) is 8.26. The molecular weight excluding hydrogens is 284 g/mol. The van der Waals surface area contributed by atoms with Crippen molar-refractivity contribution in [2.75, 3.05) is 11.9 Å². The summed E-state index contributed by atoms with van der Waals surface area (Å²) in [7, 11) is 0. The van der Waals surface area contributed by atoms with E-state index in [1.807, 2.05) is 29.2 Å². The number of carbonyl (C=O) groups excluding carboxylic acids is 1. The van der Waals surface area contributed by atoms with E-state index >= 15 is 0 Å². The van der Waals surface area contributed by atoms with Gasteiger partial charge in [0, 0.05) is 12.2 Å². The summed E-state index contributed by atoms with van der Waals surface area (Å²) in [5, 5.41) is 3.06. The number of urea groups is 1. The average molecular weight is 308 g/mol. The molecule has 1 fully saturated rings. The number of hydrogen-bond acceptors (Lipinski definition) is 1. The van der Waals surface area contributed by atoms with Gasteiger partial charge >= 0.3 is 6.03 Å². The van der Waals surface area contributed by atoms with Gasteiger partial charge in [-0.2, -0.15) is 0 Å². The van der Waals surface area contributed by atoms with E-state index in [1.54, 1.807) is 0 Å². The van der Waals surface area contributed by atoms with Gasteiger partial charge in [0.1, 0.15) is 0 Å². The molecule has 1 atom stereocenters. The fourth-order valence-electron chi connectivity index (χ4n) is 3.31. The zero-order chi connectivity index (χ0) is 16.4. The van der Waals surface area contributed by atoms with Gasteiger partial charge in [0.15, 0.2) is 0 Å². The molecule has 0 aromatic heterocycles. The fraction of sp³-hybridized carbons (Fsp3) is 0.350. The molecular formula is C20H24N2O. The molecule has 1 aliphatic rings. The normalized spacial score (nSPS) is 17.3. The summed E-state index contributed by atoms with van der Waals surface area (Å²) in [6.07, 6.45) is 2.09. The zero-order valence-electron chi connectivity index (χ0n) is 14.1. The minimum absolute atomic E-state index is 0.000920. The number of anilines is 1. The number of rotatable bonds is 2. The lowest BCUT2D eigenvalue weighted by Gasteiger charge is -2.26. The van der Waals surface area contributed by atoms with E-state index in [9.17, 15) is 4.79 Å². The van der Waals surface area contributed by atoms with Gasteiger partial charge in [-0.05, 0) is 68.0 Å². The lowest BCUT2D eigenvalue weighted by atomic mass is 9.99. The van der Waals surface area contributed by atoms with Crippen LogP contribution in [-0.4, -0.2) is 17.5 Å². The van der Waals surface area contributed by atoms with Crippen LogP contribution in [0.15, 0.2) is 42.5 Å². The predicted molar refractivity (Wildman–Crippen MR) is 94.8 cm³/mol. The zero-order valence-corrected chi connectivity index (χ0v) is 14.1. The molecule has 0 aliphatic carbocycles. The summed E-state index contributed by atoms with van der Waals surface area (Å²) < 4.78 is 0. The highest BCUT2D eigenvalue weighted by Gasteiger charge is 2.30. The van der Waals surface area contributed by atoms with Crippen molar-refractivity contribution in [3.63, 3.8) is 0 Å². The van der Waals surface area contributed by atoms with Gasteiger partial charge in [-0.25, -0.2) is 4.79 Å². The number of carbonyl (C=O) groups is 1. The standard InChI is InChI=1S/C20H24N2O/c1-14-10-11-17(13-16(14)3)21-20(23)22-12-6-9-19(22)18-8-5-4-7-15(18)2/h4-5,7-8,10-11,13,19H,6,9,12H2,1-3H3,(H,21,23)/t19-/m0/s1. The molecule has 1 saturated heterocycles. The third-order valence-electron chi connectivity index (χ3n) is 4.82. The summed E-state index contributed by atoms with van der Waals surface area (Å²) in [6, 6.07) is 14.6. The van der Waals surface area contributed by atoms with E-state index in [-0.39, 0.29) is 12.1 Å². The molecule has 3 rings (SSSR count). The van der Waals surface area contributed by atoms with Crippen LogP contribution in [0.1, 0.15) is 41.1 Å². The molecule has 3 nitrogen and oxygen atoms in total. The van der Waals surface area contributed by atoms with Gasteiger partial charge in [0.2, 0.25) is 0 Å². The SMILES string of the molecule is Cc1ccc(NC(=O)N2CCC[C@H]2c2ccccc2C)cc1C. The monoisotopic (exact) mass is 308 g/mol. The minimum atomic E-state index is -0.000920. The van der Waals surface area contributed by atoms with Crippen molar-refractivity contribution < 1.29 is 4.79 Å². The van der Waals surface area contributed by atoms with E-state index in [0.717, 1.165) is 25.1 Å².